The van der Waals surface area contributed by atoms with Crippen molar-refractivity contribution in [2.75, 3.05) is 0 Å². The maximum absolute atomic E-state index is 12.8. The van der Waals surface area contributed by atoms with Crippen LogP contribution in [0.2, 0.25) is 39.3 Å². The first-order valence-electron chi connectivity index (χ1n) is 34.3. The molecule has 0 saturated carbocycles. The molecule has 0 N–H and O–H groups in total. The van der Waals surface area contributed by atoms with Gasteiger partial charge in [-0.15, -0.1) is 53.0 Å². The van der Waals surface area contributed by atoms with Crippen LogP contribution in [-0.2, 0) is 51.9 Å². The predicted molar refractivity (Wildman–Crippen MR) is 418 cm³/mol. The van der Waals surface area contributed by atoms with Crippen molar-refractivity contribution in [2.45, 2.75) is 184 Å². The zero-order chi connectivity index (χ0) is 71.3. The number of fused-ring (bicyclic) bond motifs is 8. The van der Waals surface area contributed by atoms with Crippen molar-refractivity contribution < 1.29 is 0 Å². The fourth-order valence-electron chi connectivity index (χ4n) is 11.7. The van der Waals surface area contributed by atoms with E-state index in [1.807, 2.05) is 99.0 Å². The number of benzene rings is 4. The number of nitrogens with zero attached hydrogens (tertiary/aromatic N) is 10. The third-order valence-corrected chi connectivity index (χ3v) is 21.7. The molecule has 0 spiro atoms. The number of hydrogen-bond acceptors (Lipinski definition) is 12. The highest BCUT2D eigenvalue weighted by molar-refractivity contribution is 9.10. The molecule has 6 aromatic heterocycles. The molecule has 19 heteroatoms. The third-order valence-electron chi connectivity index (χ3n) is 17.8. The van der Waals surface area contributed by atoms with E-state index in [2.05, 4.69) is 144 Å². The molecule has 10 heterocycles. The quantitative estimate of drug-likeness (QED) is 0.105. The van der Waals surface area contributed by atoms with Gasteiger partial charge in [0, 0.05) is 95.2 Å². The number of thiazole rings is 2. The normalized spacial score (nSPS) is 16.9. The van der Waals surface area contributed by atoms with Crippen molar-refractivity contribution in [2.24, 2.45) is 23.7 Å². The Morgan fingerprint density at radius 2 is 0.768 bits per heavy atom. The number of halogens is 1. The van der Waals surface area contributed by atoms with E-state index in [0.717, 1.165) is 195 Å². The topological polar surface area (TPSA) is 165 Å². The molecule has 4 aliphatic heterocycles. The summed E-state index contributed by atoms with van der Waals surface area (Å²) in [6, 6.07) is 22.6. The van der Waals surface area contributed by atoms with Crippen LogP contribution in [0.1, 0.15) is 139 Å². The number of terminal acetylenes is 3. The summed E-state index contributed by atoms with van der Waals surface area (Å²) in [5.41, 5.74) is 12.1. The zero-order valence-electron chi connectivity index (χ0n) is 59.2. The SMILES string of the molecule is C#C[Si](C)(C)C.C#Cc1ccc2c(=O)n3c(nc2c1)CCC(C)CC3.C#Cc1ncc(C)s1.CC1CCc2nc3cc(Br)ccc3c(=O)n2CC1.CC1CCc2nc3cc(C#C[Si](C)(C)C)ccc3c(=O)n2CC1.Cc1cnc(C#Cc2ccc3c(=O)n4c(nc3c2)CCC(C)CC4)s1. The molecule has 14 rings (SSSR count). The number of aromatic nitrogens is 10. The molecule has 99 heavy (non-hydrogen) atoms. The van der Waals surface area contributed by atoms with Crippen LogP contribution in [0.3, 0.4) is 0 Å². The number of rotatable bonds is 0. The van der Waals surface area contributed by atoms with Gasteiger partial charge in [0.25, 0.3) is 22.2 Å². The minimum absolute atomic E-state index is 0.0673. The van der Waals surface area contributed by atoms with Crippen LogP contribution in [0, 0.1) is 97.5 Å². The summed E-state index contributed by atoms with van der Waals surface area (Å²) in [6.45, 7) is 29.2. The van der Waals surface area contributed by atoms with Crippen LogP contribution >= 0.6 is 38.6 Å². The molecule has 4 unspecified atom stereocenters. The van der Waals surface area contributed by atoms with E-state index in [1.165, 1.54) is 0 Å². The molecule has 0 saturated heterocycles. The molecule has 0 bridgehead atoms. The van der Waals surface area contributed by atoms with Crippen molar-refractivity contribution in [3.63, 3.8) is 0 Å². The summed E-state index contributed by atoms with van der Waals surface area (Å²) in [6.07, 6.45) is 31.3. The number of aryl methyl sites for hydroxylation is 6. The van der Waals surface area contributed by atoms with Crippen LogP contribution < -0.4 is 22.2 Å². The molecule has 4 aliphatic rings. The minimum atomic E-state index is -1.40. The third kappa shape index (κ3) is 20.3. The van der Waals surface area contributed by atoms with Crippen molar-refractivity contribution >= 4 is 98.4 Å². The maximum atomic E-state index is 12.8. The van der Waals surface area contributed by atoms with Crippen LogP contribution in [0.25, 0.3) is 43.6 Å². The second-order valence-electron chi connectivity index (χ2n) is 28.5. The molecule has 4 atom stereocenters. The zero-order valence-corrected chi connectivity index (χ0v) is 64.5. The Morgan fingerprint density at radius 1 is 0.434 bits per heavy atom. The van der Waals surface area contributed by atoms with E-state index < -0.39 is 16.1 Å². The summed E-state index contributed by atoms with van der Waals surface area (Å²) in [5, 5.41) is 4.34. The molecule has 14 nitrogen and oxygen atoms in total. The average Bonchev–Trinajstić information content (AvgIpc) is 1.64. The first kappa shape index (κ1) is 74.6. The molecule has 4 aromatic carbocycles. The van der Waals surface area contributed by atoms with E-state index in [9.17, 15) is 19.2 Å². The molecule has 10 aromatic rings. The Labute approximate surface area is 600 Å². The fraction of sp³-hybridized carbons (Fsp3) is 0.400. The van der Waals surface area contributed by atoms with E-state index >= 15 is 0 Å². The fourth-order valence-corrected chi connectivity index (χ4v) is 13.7. The van der Waals surface area contributed by atoms with E-state index in [-0.39, 0.29) is 22.2 Å². The highest BCUT2D eigenvalue weighted by Gasteiger charge is 2.22. The molecule has 0 aliphatic carbocycles. The average molecular weight is 1450 g/mol. The standard InChI is InChI=1S/C20H19N3OS.C19H24N2OSi.C16H16N2O.C14H15BrN2O.C6H5NS.C5H10Si/c1-13-3-7-18-22-17-11-15(5-8-19-21-12-14(2)25-19)4-6-16(17)20(24)23(18)10-9-13;1-14-5-8-18-20-17-13-15(10-12-23(2,3)4)6-7-16(17)19(22)21(18)11-9-14;1-3-12-5-6-13-14(10-12)17-15-7-4-11(2)8-9-18(15)16(13)19;1-9-2-5-13-16-12-8-10(15)3-4-11(12)14(18)17(13)7-6-9;1-3-6-7-4-5(2)8-6;1-5-6(2,3)4/h4,6,11-13H,3,7,9-10H2,1-2H3;6-7,13-14H,5,8-9,11H2,1-4H3;1,5-6,10-11H,4,7-9H2,2H3;3-4,8-9H,2,5-7H2,1H3;1,4H,2H3;1H,2-4H3. The summed E-state index contributed by atoms with van der Waals surface area (Å²) in [5.74, 6) is 20.8. The Bertz CT molecular complexity index is 5160. The molecule has 0 radical (unpaired) electrons. The minimum Gasteiger partial charge on any atom is -0.296 e. The number of hydrogen-bond donors (Lipinski definition) is 0. The second-order valence-corrected chi connectivity index (χ2v) is 41.4. The van der Waals surface area contributed by atoms with Gasteiger partial charge in [0.15, 0.2) is 10.0 Å². The molecule has 0 fully saturated rings. The largest absolute Gasteiger partial charge is 0.296 e. The first-order valence-corrected chi connectivity index (χ1v) is 43.7. The van der Waals surface area contributed by atoms with E-state index in [4.69, 9.17) is 29.2 Å². The van der Waals surface area contributed by atoms with Gasteiger partial charge in [-0.1, -0.05) is 101 Å². The van der Waals surface area contributed by atoms with Gasteiger partial charge in [0.2, 0.25) is 0 Å². The first-order chi connectivity index (χ1) is 47.1. The monoisotopic (exact) mass is 1450 g/mol. The smallest absolute Gasteiger partial charge is 0.261 e. The lowest BCUT2D eigenvalue weighted by atomic mass is 10.0. The Morgan fingerprint density at radius 3 is 1.09 bits per heavy atom. The summed E-state index contributed by atoms with van der Waals surface area (Å²) < 4.78 is 8.39. The summed E-state index contributed by atoms with van der Waals surface area (Å²) in [4.78, 5) is 79.9. The second kappa shape index (κ2) is 33.5. The lowest BCUT2D eigenvalue weighted by Crippen LogP contribution is -2.24. The highest BCUT2D eigenvalue weighted by atomic mass is 79.9. The summed E-state index contributed by atoms with van der Waals surface area (Å²) in [7, 11) is -2.51. The van der Waals surface area contributed by atoms with E-state index in [1.54, 1.807) is 41.0 Å². The van der Waals surface area contributed by atoms with Crippen LogP contribution in [0.5, 0.6) is 0 Å². The van der Waals surface area contributed by atoms with Crippen molar-refractivity contribution in [3.8, 4) is 60.0 Å². The van der Waals surface area contributed by atoms with Crippen molar-refractivity contribution in [1.29, 1.82) is 0 Å². The van der Waals surface area contributed by atoms with Gasteiger partial charge < -0.3 is 0 Å². The molecule has 510 valence electrons. The van der Waals surface area contributed by atoms with Crippen LogP contribution in [0.4, 0.5) is 0 Å². The van der Waals surface area contributed by atoms with Gasteiger partial charge >= 0.3 is 0 Å². The van der Waals surface area contributed by atoms with Gasteiger partial charge in [0.05, 0.1) is 43.6 Å². The van der Waals surface area contributed by atoms with Crippen molar-refractivity contribution in [3.05, 3.63) is 191 Å². The van der Waals surface area contributed by atoms with Crippen molar-refractivity contribution in [1.82, 2.24) is 48.2 Å². The maximum Gasteiger partial charge on any atom is 0.261 e. The van der Waals surface area contributed by atoms with Gasteiger partial charge in [-0.25, -0.2) is 29.9 Å². The molecule has 0 amide bonds. The van der Waals surface area contributed by atoms with Crippen LogP contribution in [-0.4, -0.2) is 64.3 Å². The Hall–Kier alpha value is -8.59. The lowest BCUT2D eigenvalue weighted by Gasteiger charge is -2.10. The Balaban J connectivity index is 0.000000145. The Kier molecular flexibility index (Phi) is 25.3. The molecular formula is C80H89BrN10O4S2Si2. The predicted octanol–water partition coefficient (Wildman–Crippen LogP) is 15.5. The highest BCUT2D eigenvalue weighted by Crippen LogP contribution is 2.25. The lowest BCUT2D eigenvalue weighted by molar-refractivity contribution is 0.484. The molecular weight excluding hydrogens is 1370 g/mol. The van der Waals surface area contributed by atoms with Gasteiger partial charge in [-0.05, 0) is 174 Å². The van der Waals surface area contributed by atoms with Gasteiger partial charge in [-0.2, -0.15) is 0 Å². The van der Waals surface area contributed by atoms with E-state index in [0.29, 0.717) is 39.8 Å². The van der Waals surface area contributed by atoms with Gasteiger partial charge in [0.1, 0.15) is 39.4 Å². The van der Waals surface area contributed by atoms with Gasteiger partial charge in [-0.3, -0.25) is 37.4 Å². The van der Waals surface area contributed by atoms with Crippen LogP contribution in [0.15, 0.2) is 109 Å². The summed E-state index contributed by atoms with van der Waals surface area (Å²) >= 11 is 6.55.